The predicted octanol–water partition coefficient (Wildman–Crippen LogP) is 2.37. The van der Waals surface area contributed by atoms with E-state index >= 15 is 0 Å². The zero-order valence-electron chi connectivity index (χ0n) is 10.0. The van der Waals surface area contributed by atoms with Crippen molar-refractivity contribution in [3.8, 4) is 11.5 Å². The Kier molecular flexibility index (Phi) is 3.10. The van der Waals surface area contributed by atoms with E-state index in [2.05, 4.69) is 6.58 Å². The van der Waals surface area contributed by atoms with Crippen LogP contribution < -0.4 is 4.74 Å². The summed E-state index contributed by atoms with van der Waals surface area (Å²) in [4.78, 5) is 10.5. The Balaban J connectivity index is 2.31. The highest BCUT2D eigenvalue weighted by atomic mass is 16.5. The molecule has 0 fully saturated rings. The van der Waals surface area contributed by atoms with Crippen LogP contribution in [0.1, 0.15) is 18.1 Å². The zero-order valence-corrected chi connectivity index (χ0v) is 10.0. The molecule has 0 aliphatic carbocycles. The number of benzene rings is 1. The van der Waals surface area contributed by atoms with Gasteiger partial charge in [0.05, 0.1) is 0 Å². The fourth-order valence-electron chi connectivity index (χ4n) is 1.87. The maximum atomic E-state index is 10.5. The monoisotopic (exact) mass is 246 g/mol. The lowest BCUT2D eigenvalue weighted by atomic mass is 10.0. The number of carboxylic acids is 1. The molecule has 0 unspecified atom stereocenters. The smallest absolute Gasteiger partial charge is 0.328 e. The average molecular weight is 246 g/mol. The van der Waals surface area contributed by atoms with Gasteiger partial charge in [-0.25, -0.2) is 4.79 Å². The normalized spacial score (nSPS) is 17.5. The second-order valence-electron chi connectivity index (χ2n) is 4.35. The molecule has 0 spiro atoms. The van der Waals surface area contributed by atoms with Crippen molar-refractivity contribution in [2.24, 2.45) is 0 Å². The molecule has 0 amide bonds. The number of phenolic OH excluding ortho intramolecular Hbond substituents is 1. The van der Waals surface area contributed by atoms with E-state index in [-0.39, 0.29) is 11.9 Å². The number of carbonyl (C=O) groups is 1. The summed E-state index contributed by atoms with van der Waals surface area (Å²) in [7, 11) is 0. The molecule has 4 nitrogen and oxygen atoms in total. The predicted molar refractivity (Wildman–Crippen MR) is 67.7 cm³/mol. The van der Waals surface area contributed by atoms with Gasteiger partial charge in [-0.15, -0.1) is 0 Å². The lowest BCUT2D eigenvalue weighted by molar-refractivity contribution is -0.131. The molecule has 0 radical (unpaired) electrons. The lowest BCUT2D eigenvalue weighted by Crippen LogP contribution is -2.13. The molecule has 1 aromatic rings. The number of ether oxygens (including phenoxy) is 1. The van der Waals surface area contributed by atoms with E-state index in [1.54, 1.807) is 6.07 Å². The van der Waals surface area contributed by atoms with E-state index in [1.165, 1.54) is 12.1 Å². The first-order valence-corrected chi connectivity index (χ1v) is 5.56. The Hall–Kier alpha value is -2.23. The van der Waals surface area contributed by atoms with Gasteiger partial charge in [-0.3, -0.25) is 0 Å². The van der Waals surface area contributed by atoms with Crippen molar-refractivity contribution < 1.29 is 19.7 Å². The molecule has 0 aromatic heterocycles. The number of phenols is 1. The molecule has 1 heterocycles. The number of hydrogen-bond donors (Lipinski definition) is 2. The highest BCUT2D eigenvalue weighted by Crippen LogP contribution is 2.36. The van der Waals surface area contributed by atoms with Gasteiger partial charge in [0.15, 0.2) is 0 Å². The maximum Gasteiger partial charge on any atom is 0.328 e. The Morgan fingerprint density at radius 2 is 2.28 bits per heavy atom. The minimum atomic E-state index is -1.05. The number of aliphatic carboxylic acids is 1. The van der Waals surface area contributed by atoms with Crippen LogP contribution >= 0.6 is 0 Å². The van der Waals surface area contributed by atoms with Crippen LogP contribution in [0.5, 0.6) is 11.5 Å². The number of aromatic hydroxyl groups is 1. The minimum absolute atomic E-state index is 0.00798. The summed E-state index contributed by atoms with van der Waals surface area (Å²) in [6.45, 7) is 5.74. The van der Waals surface area contributed by atoms with Crippen LogP contribution in [0.2, 0.25) is 0 Å². The average Bonchev–Trinajstić information content (AvgIpc) is 2.68. The summed E-state index contributed by atoms with van der Waals surface area (Å²) < 4.78 is 5.63. The molecule has 4 heteroatoms. The largest absolute Gasteiger partial charge is 0.507 e. The van der Waals surface area contributed by atoms with E-state index < -0.39 is 5.97 Å². The first-order valence-electron chi connectivity index (χ1n) is 5.56. The van der Waals surface area contributed by atoms with Gasteiger partial charge in [0.1, 0.15) is 17.6 Å². The third kappa shape index (κ3) is 2.37. The summed E-state index contributed by atoms with van der Waals surface area (Å²) in [6, 6.07) is 3.26. The third-order valence-corrected chi connectivity index (χ3v) is 2.84. The molecule has 2 N–H and O–H groups in total. The number of fused-ring (bicyclic) bond motifs is 1. The molecule has 1 aromatic carbocycles. The van der Waals surface area contributed by atoms with E-state index in [4.69, 9.17) is 9.84 Å². The van der Waals surface area contributed by atoms with Gasteiger partial charge < -0.3 is 14.9 Å². The molecule has 1 atom stereocenters. The second-order valence-corrected chi connectivity index (χ2v) is 4.35. The van der Waals surface area contributed by atoms with Crippen LogP contribution in [0, 0.1) is 0 Å². The lowest BCUT2D eigenvalue weighted by Gasteiger charge is -2.09. The van der Waals surface area contributed by atoms with Crippen molar-refractivity contribution in [3.63, 3.8) is 0 Å². The molecule has 1 aliphatic rings. The Bertz CT molecular complexity index is 543. The first-order chi connectivity index (χ1) is 8.47. The summed E-state index contributed by atoms with van der Waals surface area (Å²) in [6.07, 6.45) is 2.98. The standard InChI is InChI=1S/C14H14O4/c1-8(2)12-6-10-5-9(3-4-14(16)17)11(15)7-13(10)18-12/h3-5,7,12,15H,1,6H2,2H3,(H,16,17)/b4-3+/t12-/m1/s1. The molecule has 0 saturated heterocycles. The van der Waals surface area contributed by atoms with Gasteiger partial charge in [-0.2, -0.15) is 0 Å². The minimum Gasteiger partial charge on any atom is -0.507 e. The van der Waals surface area contributed by atoms with Crippen LogP contribution in [0.4, 0.5) is 0 Å². The highest BCUT2D eigenvalue weighted by molar-refractivity contribution is 5.86. The Labute approximate surface area is 105 Å². The van der Waals surface area contributed by atoms with Crippen LogP contribution in [-0.4, -0.2) is 22.3 Å². The Morgan fingerprint density at radius 3 is 2.89 bits per heavy atom. The van der Waals surface area contributed by atoms with Gasteiger partial charge >= 0.3 is 5.97 Å². The third-order valence-electron chi connectivity index (χ3n) is 2.84. The van der Waals surface area contributed by atoms with Gasteiger partial charge in [0, 0.05) is 24.1 Å². The van der Waals surface area contributed by atoms with Gasteiger partial charge in [0.25, 0.3) is 0 Å². The van der Waals surface area contributed by atoms with Crippen molar-refractivity contribution in [2.45, 2.75) is 19.4 Å². The van der Waals surface area contributed by atoms with Crippen LogP contribution in [-0.2, 0) is 11.2 Å². The summed E-state index contributed by atoms with van der Waals surface area (Å²) >= 11 is 0. The van der Waals surface area contributed by atoms with Gasteiger partial charge in [0.2, 0.25) is 0 Å². The SMILES string of the molecule is C=C(C)[C@H]1Cc2cc(/C=C/C(=O)O)c(O)cc2O1. The fraction of sp³-hybridized carbons (Fsp3) is 0.214. The molecular weight excluding hydrogens is 232 g/mol. The Morgan fingerprint density at radius 1 is 1.56 bits per heavy atom. The molecule has 94 valence electrons. The van der Waals surface area contributed by atoms with E-state index in [1.807, 2.05) is 6.92 Å². The van der Waals surface area contributed by atoms with Crippen molar-refractivity contribution in [2.75, 3.05) is 0 Å². The quantitative estimate of drug-likeness (QED) is 0.634. The first kappa shape index (κ1) is 12.2. The highest BCUT2D eigenvalue weighted by Gasteiger charge is 2.24. The summed E-state index contributed by atoms with van der Waals surface area (Å²) in [5.74, 6) is -0.410. The maximum absolute atomic E-state index is 10.5. The zero-order chi connectivity index (χ0) is 13.3. The number of hydrogen-bond acceptors (Lipinski definition) is 3. The van der Waals surface area contributed by atoms with E-state index in [0.717, 1.165) is 17.2 Å². The van der Waals surface area contributed by atoms with Crippen LogP contribution in [0.25, 0.3) is 6.08 Å². The van der Waals surface area contributed by atoms with Crippen molar-refractivity contribution >= 4 is 12.0 Å². The molecule has 0 saturated carbocycles. The molecule has 18 heavy (non-hydrogen) atoms. The van der Waals surface area contributed by atoms with E-state index in [0.29, 0.717) is 17.7 Å². The topological polar surface area (TPSA) is 66.8 Å². The van der Waals surface area contributed by atoms with Crippen LogP contribution in [0.3, 0.4) is 0 Å². The summed E-state index contributed by atoms with van der Waals surface area (Å²) in [5.41, 5.74) is 2.35. The van der Waals surface area contributed by atoms with Crippen molar-refractivity contribution in [1.82, 2.24) is 0 Å². The van der Waals surface area contributed by atoms with Crippen molar-refractivity contribution in [3.05, 3.63) is 41.5 Å². The number of carboxylic acid groups (broad SMARTS) is 1. The molecule has 1 aliphatic heterocycles. The molecule has 0 bridgehead atoms. The summed E-state index contributed by atoms with van der Waals surface area (Å²) in [5, 5.41) is 18.3. The van der Waals surface area contributed by atoms with Crippen molar-refractivity contribution in [1.29, 1.82) is 0 Å². The fourth-order valence-corrected chi connectivity index (χ4v) is 1.87. The second kappa shape index (κ2) is 4.56. The molecule has 2 rings (SSSR count). The van der Waals surface area contributed by atoms with Crippen LogP contribution in [0.15, 0.2) is 30.4 Å². The van der Waals surface area contributed by atoms with Gasteiger partial charge in [-0.05, 0) is 30.2 Å². The van der Waals surface area contributed by atoms with Gasteiger partial charge in [-0.1, -0.05) is 6.58 Å². The number of rotatable bonds is 3. The molecular formula is C14H14O4. The van der Waals surface area contributed by atoms with E-state index in [9.17, 15) is 9.90 Å².